The van der Waals surface area contributed by atoms with Gasteiger partial charge in [0.05, 0.1) is 22.8 Å². The minimum atomic E-state index is -0.0210. The van der Waals surface area contributed by atoms with Crippen LogP contribution in [0.5, 0.6) is 0 Å². The zero-order chi connectivity index (χ0) is 21.9. The lowest BCUT2D eigenvalue weighted by atomic mass is 10.1. The smallest absolute Gasteiger partial charge is 0.259 e. The van der Waals surface area contributed by atoms with Gasteiger partial charge in [0.1, 0.15) is 11.5 Å². The maximum atomic E-state index is 13.9. The number of rotatable bonds is 3. The van der Waals surface area contributed by atoms with Crippen molar-refractivity contribution < 1.29 is 9.21 Å². The van der Waals surface area contributed by atoms with Gasteiger partial charge in [-0.1, -0.05) is 18.2 Å². The minimum absolute atomic E-state index is 0.0210. The Morgan fingerprint density at radius 3 is 2.68 bits per heavy atom. The van der Waals surface area contributed by atoms with E-state index in [1.54, 1.807) is 6.20 Å². The summed E-state index contributed by atoms with van der Waals surface area (Å²) in [5.74, 6) is 1.59. The number of nitrogens with zero attached hydrogens (tertiary/aromatic N) is 4. The number of aryl methyl sites for hydroxylation is 2. The van der Waals surface area contributed by atoms with Crippen LogP contribution in [0.4, 0.5) is 5.69 Å². The van der Waals surface area contributed by atoms with Crippen molar-refractivity contribution in [3.63, 3.8) is 0 Å². The first-order valence-corrected chi connectivity index (χ1v) is 10.7. The number of fused-ring (bicyclic) bond motifs is 2. The molecule has 1 aliphatic rings. The Kier molecular flexibility index (Phi) is 4.46. The number of pyridine rings is 1. The predicted molar refractivity (Wildman–Crippen MR) is 122 cm³/mol. The fourth-order valence-corrected chi connectivity index (χ4v) is 4.60. The molecule has 4 aromatic rings. The molecule has 31 heavy (non-hydrogen) atoms. The molecule has 0 spiro atoms. The van der Waals surface area contributed by atoms with Crippen LogP contribution in [0.1, 0.15) is 54.3 Å². The molecule has 158 valence electrons. The molecule has 6 heteroatoms. The SMILES string of the molecule is Cc1cc(-c2cc(C(=O)N3c4ccccc4CC3C)c3cnn(C(C)C)c3n2)c(C)o1. The lowest BCUT2D eigenvalue weighted by Gasteiger charge is -2.23. The predicted octanol–water partition coefficient (Wildman–Crippen LogP) is 5.48. The molecule has 6 nitrogen and oxygen atoms in total. The van der Waals surface area contributed by atoms with Crippen molar-refractivity contribution in [2.24, 2.45) is 0 Å². The lowest BCUT2D eigenvalue weighted by molar-refractivity contribution is 0.0983. The zero-order valence-corrected chi connectivity index (χ0v) is 18.5. The third kappa shape index (κ3) is 3.05. The van der Waals surface area contributed by atoms with Crippen LogP contribution in [0.3, 0.4) is 0 Å². The molecule has 1 atom stereocenters. The summed E-state index contributed by atoms with van der Waals surface area (Å²) < 4.78 is 7.62. The van der Waals surface area contributed by atoms with Crippen LogP contribution in [0, 0.1) is 13.8 Å². The Morgan fingerprint density at radius 1 is 1.19 bits per heavy atom. The molecule has 0 saturated heterocycles. The van der Waals surface area contributed by atoms with Gasteiger partial charge in [-0.25, -0.2) is 9.67 Å². The molecule has 4 heterocycles. The fourth-order valence-electron chi connectivity index (χ4n) is 4.60. The Labute approximate surface area is 181 Å². The molecule has 0 aliphatic carbocycles. The highest BCUT2D eigenvalue weighted by molar-refractivity contribution is 6.15. The summed E-state index contributed by atoms with van der Waals surface area (Å²) in [6.45, 7) is 10.1. The highest BCUT2D eigenvalue weighted by Gasteiger charge is 2.33. The number of carbonyl (C=O) groups excluding carboxylic acids is 1. The number of para-hydroxylation sites is 1. The van der Waals surface area contributed by atoms with E-state index >= 15 is 0 Å². The van der Waals surface area contributed by atoms with Gasteiger partial charge in [0.15, 0.2) is 5.65 Å². The normalized spacial score (nSPS) is 15.8. The number of anilines is 1. The van der Waals surface area contributed by atoms with E-state index in [9.17, 15) is 4.79 Å². The summed E-state index contributed by atoms with van der Waals surface area (Å²) in [6, 6.07) is 12.2. The monoisotopic (exact) mass is 414 g/mol. The molecule has 0 saturated carbocycles. The molecular formula is C25H26N4O2. The number of aromatic nitrogens is 3. The second-order valence-electron chi connectivity index (χ2n) is 8.66. The maximum Gasteiger partial charge on any atom is 0.259 e. The Hall–Kier alpha value is -3.41. The Balaban J connectivity index is 1.73. The van der Waals surface area contributed by atoms with Crippen molar-refractivity contribution in [2.45, 2.75) is 53.1 Å². The molecule has 0 radical (unpaired) electrons. The average Bonchev–Trinajstić information content (AvgIpc) is 3.40. The summed E-state index contributed by atoms with van der Waals surface area (Å²) >= 11 is 0. The van der Waals surface area contributed by atoms with E-state index < -0.39 is 0 Å². The first-order valence-electron chi connectivity index (χ1n) is 10.7. The third-order valence-electron chi connectivity index (χ3n) is 6.03. The van der Waals surface area contributed by atoms with Gasteiger partial charge < -0.3 is 9.32 Å². The molecule has 1 unspecified atom stereocenters. The van der Waals surface area contributed by atoms with E-state index in [0.717, 1.165) is 40.3 Å². The second-order valence-corrected chi connectivity index (χ2v) is 8.66. The zero-order valence-electron chi connectivity index (χ0n) is 18.5. The molecule has 0 N–H and O–H groups in total. The van der Waals surface area contributed by atoms with E-state index in [1.165, 1.54) is 5.56 Å². The van der Waals surface area contributed by atoms with Gasteiger partial charge >= 0.3 is 0 Å². The molecule has 1 aromatic carbocycles. The summed E-state index contributed by atoms with van der Waals surface area (Å²) in [6.07, 6.45) is 2.62. The molecule has 1 aliphatic heterocycles. The molecule has 0 bridgehead atoms. The molecule has 0 fully saturated rings. The maximum absolute atomic E-state index is 13.9. The minimum Gasteiger partial charge on any atom is -0.466 e. The molecule has 3 aromatic heterocycles. The summed E-state index contributed by atoms with van der Waals surface area (Å²) in [7, 11) is 0. The molecular weight excluding hydrogens is 388 g/mol. The van der Waals surface area contributed by atoms with Crippen molar-refractivity contribution in [3.05, 3.63) is 65.2 Å². The molecule has 1 amide bonds. The summed E-state index contributed by atoms with van der Waals surface area (Å²) in [5, 5.41) is 5.33. The van der Waals surface area contributed by atoms with Gasteiger partial charge in [0.2, 0.25) is 0 Å². The van der Waals surface area contributed by atoms with E-state index in [-0.39, 0.29) is 18.0 Å². The van der Waals surface area contributed by atoms with Crippen molar-refractivity contribution in [1.29, 1.82) is 0 Å². The highest BCUT2D eigenvalue weighted by Crippen LogP contribution is 2.36. The number of carbonyl (C=O) groups is 1. The topological polar surface area (TPSA) is 64.2 Å². The quantitative estimate of drug-likeness (QED) is 0.445. The van der Waals surface area contributed by atoms with Crippen LogP contribution in [0.2, 0.25) is 0 Å². The highest BCUT2D eigenvalue weighted by atomic mass is 16.3. The van der Waals surface area contributed by atoms with Crippen LogP contribution >= 0.6 is 0 Å². The van der Waals surface area contributed by atoms with Crippen molar-refractivity contribution in [2.75, 3.05) is 4.90 Å². The number of amides is 1. The van der Waals surface area contributed by atoms with Gasteiger partial charge in [-0.3, -0.25) is 4.79 Å². The van der Waals surface area contributed by atoms with Crippen LogP contribution in [-0.2, 0) is 6.42 Å². The molecule has 5 rings (SSSR count). The van der Waals surface area contributed by atoms with E-state index in [4.69, 9.17) is 9.40 Å². The van der Waals surface area contributed by atoms with Gasteiger partial charge in [0.25, 0.3) is 5.91 Å². The largest absolute Gasteiger partial charge is 0.466 e. The van der Waals surface area contributed by atoms with Crippen LogP contribution in [0.15, 0.2) is 47.0 Å². The first kappa shape index (κ1) is 19.5. The second kappa shape index (κ2) is 7.08. The van der Waals surface area contributed by atoms with Crippen LogP contribution in [0.25, 0.3) is 22.3 Å². The van der Waals surface area contributed by atoms with Gasteiger partial charge in [0, 0.05) is 23.3 Å². The number of hydrogen-bond donors (Lipinski definition) is 0. The lowest BCUT2D eigenvalue weighted by Crippen LogP contribution is -2.35. The van der Waals surface area contributed by atoms with Crippen molar-refractivity contribution in [1.82, 2.24) is 14.8 Å². The standard InChI is InChI=1S/C25H26N4O2/c1-14(2)29-24-21(13-26-29)20(12-22(27-24)19-11-16(4)31-17(19)5)25(30)28-15(3)10-18-8-6-7-9-23(18)28/h6-9,11-15H,10H2,1-5H3. The first-order chi connectivity index (χ1) is 14.8. The van der Waals surface area contributed by atoms with Gasteiger partial charge in [-0.15, -0.1) is 0 Å². The average molecular weight is 415 g/mol. The number of benzene rings is 1. The van der Waals surface area contributed by atoms with E-state index in [2.05, 4.69) is 31.9 Å². The Morgan fingerprint density at radius 2 is 1.97 bits per heavy atom. The van der Waals surface area contributed by atoms with E-state index in [0.29, 0.717) is 11.2 Å². The van der Waals surface area contributed by atoms with Crippen molar-refractivity contribution in [3.8, 4) is 11.3 Å². The fraction of sp³-hybridized carbons (Fsp3) is 0.320. The van der Waals surface area contributed by atoms with Crippen molar-refractivity contribution >= 4 is 22.6 Å². The third-order valence-corrected chi connectivity index (χ3v) is 6.03. The van der Waals surface area contributed by atoms with Crippen LogP contribution < -0.4 is 4.90 Å². The summed E-state index contributed by atoms with van der Waals surface area (Å²) in [5.41, 5.74) is 5.15. The number of furan rings is 1. The van der Waals surface area contributed by atoms with E-state index in [1.807, 2.05) is 53.8 Å². The Bertz CT molecular complexity index is 1310. The van der Waals surface area contributed by atoms with Gasteiger partial charge in [-0.05, 0) is 64.8 Å². The van der Waals surface area contributed by atoms with Crippen LogP contribution in [-0.4, -0.2) is 26.7 Å². The van der Waals surface area contributed by atoms with Gasteiger partial charge in [-0.2, -0.15) is 5.10 Å². The summed E-state index contributed by atoms with van der Waals surface area (Å²) in [4.78, 5) is 20.7. The number of hydrogen-bond acceptors (Lipinski definition) is 4.